The molecule has 0 aromatic carbocycles. The molecule has 0 spiro atoms. The first kappa shape index (κ1) is 9.26. The van der Waals surface area contributed by atoms with Crippen LogP contribution in [0.25, 0.3) is 0 Å². The van der Waals surface area contributed by atoms with E-state index in [1.165, 1.54) is 5.82 Å². The fraction of sp³-hybridized carbons (Fsp3) is 0.667. The third kappa shape index (κ3) is 2.08. The van der Waals surface area contributed by atoms with Crippen molar-refractivity contribution in [1.29, 1.82) is 0 Å². The van der Waals surface area contributed by atoms with Crippen LogP contribution in [0.3, 0.4) is 0 Å². The Bertz CT molecular complexity index is 240. The van der Waals surface area contributed by atoms with Gasteiger partial charge in [-0.2, -0.15) is 0 Å². The number of nitrogens with zero attached hydrogens (tertiary/aromatic N) is 2. The van der Waals surface area contributed by atoms with Crippen molar-refractivity contribution < 1.29 is 0 Å². The van der Waals surface area contributed by atoms with Gasteiger partial charge in [0.25, 0.3) is 0 Å². The highest BCUT2D eigenvalue weighted by atomic mass is 15.1. The van der Waals surface area contributed by atoms with Gasteiger partial charge in [0.1, 0.15) is 5.82 Å². The van der Waals surface area contributed by atoms with E-state index < -0.39 is 0 Å². The standard InChI is InChI=1S/C9H17N3/c1-3-9-11-8(2)7-12(9)6-4-5-10/h7H,3-6,10H2,1-2H3. The summed E-state index contributed by atoms with van der Waals surface area (Å²) in [7, 11) is 0. The summed E-state index contributed by atoms with van der Waals surface area (Å²) in [5.74, 6) is 1.17. The van der Waals surface area contributed by atoms with Crippen LogP contribution in [0.4, 0.5) is 0 Å². The predicted octanol–water partition coefficient (Wildman–Crippen LogP) is 1.10. The predicted molar refractivity (Wildman–Crippen MR) is 50.0 cm³/mol. The minimum Gasteiger partial charge on any atom is -0.335 e. The van der Waals surface area contributed by atoms with Crippen molar-refractivity contribution in [2.45, 2.75) is 33.2 Å². The van der Waals surface area contributed by atoms with Gasteiger partial charge >= 0.3 is 0 Å². The van der Waals surface area contributed by atoms with Crippen LogP contribution in [-0.2, 0) is 13.0 Å². The summed E-state index contributed by atoms with van der Waals surface area (Å²) in [5.41, 5.74) is 6.54. The molecule has 68 valence electrons. The van der Waals surface area contributed by atoms with Crippen molar-refractivity contribution in [2.24, 2.45) is 5.73 Å². The van der Waals surface area contributed by atoms with E-state index in [0.717, 1.165) is 31.6 Å². The monoisotopic (exact) mass is 167 g/mol. The molecule has 0 atom stereocenters. The largest absolute Gasteiger partial charge is 0.335 e. The number of imidazole rings is 1. The quantitative estimate of drug-likeness (QED) is 0.730. The second-order valence-corrected chi connectivity index (χ2v) is 2.99. The third-order valence-electron chi connectivity index (χ3n) is 1.90. The van der Waals surface area contributed by atoms with E-state index in [2.05, 4.69) is 22.7 Å². The third-order valence-corrected chi connectivity index (χ3v) is 1.90. The average Bonchev–Trinajstić information content (AvgIpc) is 2.42. The van der Waals surface area contributed by atoms with E-state index >= 15 is 0 Å². The van der Waals surface area contributed by atoms with Gasteiger partial charge in [-0.1, -0.05) is 6.92 Å². The second-order valence-electron chi connectivity index (χ2n) is 2.99. The zero-order valence-corrected chi connectivity index (χ0v) is 7.88. The summed E-state index contributed by atoms with van der Waals surface area (Å²) in [6, 6.07) is 0. The van der Waals surface area contributed by atoms with Crippen LogP contribution in [0.2, 0.25) is 0 Å². The van der Waals surface area contributed by atoms with Crippen molar-refractivity contribution in [1.82, 2.24) is 9.55 Å². The molecule has 0 radical (unpaired) electrons. The zero-order chi connectivity index (χ0) is 8.97. The Balaban J connectivity index is 2.68. The first-order valence-electron chi connectivity index (χ1n) is 4.50. The van der Waals surface area contributed by atoms with Crippen LogP contribution in [0.1, 0.15) is 24.9 Å². The number of hydrogen-bond donors (Lipinski definition) is 1. The average molecular weight is 167 g/mol. The SMILES string of the molecule is CCc1nc(C)cn1CCCN. The Morgan fingerprint density at radius 3 is 2.92 bits per heavy atom. The second kappa shape index (κ2) is 4.26. The van der Waals surface area contributed by atoms with E-state index in [1.807, 2.05) is 6.92 Å². The van der Waals surface area contributed by atoms with E-state index in [-0.39, 0.29) is 0 Å². The molecule has 0 aliphatic rings. The van der Waals surface area contributed by atoms with Gasteiger partial charge in [-0.25, -0.2) is 4.98 Å². The summed E-state index contributed by atoms with van der Waals surface area (Å²) in [4.78, 5) is 4.40. The minimum atomic E-state index is 0.750. The molecule has 1 aromatic rings. The van der Waals surface area contributed by atoms with Crippen molar-refractivity contribution in [3.05, 3.63) is 17.7 Å². The molecule has 0 bridgehead atoms. The lowest BCUT2D eigenvalue weighted by molar-refractivity contribution is 0.621. The number of hydrogen-bond acceptors (Lipinski definition) is 2. The maximum absolute atomic E-state index is 5.44. The number of nitrogens with two attached hydrogens (primary N) is 1. The molecule has 12 heavy (non-hydrogen) atoms. The van der Waals surface area contributed by atoms with Crippen LogP contribution in [-0.4, -0.2) is 16.1 Å². The normalized spacial score (nSPS) is 10.6. The molecule has 0 fully saturated rings. The first-order valence-corrected chi connectivity index (χ1v) is 4.50. The molecule has 0 saturated carbocycles. The lowest BCUT2D eigenvalue weighted by Crippen LogP contribution is -2.07. The van der Waals surface area contributed by atoms with Crippen molar-refractivity contribution >= 4 is 0 Å². The van der Waals surface area contributed by atoms with Crippen LogP contribution in [0, 0.1) is 6.92 Å². The van der Waals surface area contributed by atoms with Gasteiger partial charge in [0, 0.05) is 19.2 Å². The van der Waals surface area contributed by atoms with E-state index in [0.29, 0.717) is 0 Å². The molecule has 0 amide bonds. The number of rotatable bonds is 4. The van der Waals surface area contributed by atoms with Gasteiger partial charge in [-0.15, -0.1) is 0 Å². The van der Waals surface area contributed by atoms with Gasteiger partial charge in [-0.3, -0.25) is 0 Å². The van der Waals surface area contributed by atoms with Crippen LogP contribution in [0.15, 0.2) is 6.20 Å². The molecule has 3 nitrogen and oxygen atoms in total. The van der Waals surface area contributed by atoms with Gasteiger partial charge in [-0.05, 0) is 19.9 Å². The topological polar surface area (TPSA) is 43.8 Å². The molecule has 0 unspecified atom stereocenters. The number of aryl methyl sites for hydroxylation is 3. The Labute approximate surface area is 73.6 Å². The van der Waals surface area contributed by atoms with E-state index in [1.54, 1.807) is 0 Å². The number of aromatic nitrogens is 2. The lowest BCUT2D eigenvalue weighted by Gasteiger charge is -2.03. The smallest absolute Gasteiger partial charge is 0.108 e. The van der Waals surface area contributed by atoms with Crippen molar-refractivity contribution in [2.75, 3.05) is 6.54 Å². The van der Waals surface area contributed by atoms with E-state index in [4.69, 9.17) is 5.73 Å². The van der Waals surface area contributed by atoms with Gasteiger partial charge in [0.15, 0.2) is 0 Å². The van der Waals surface area contributed by atoms with Crippen molar-refractivity contribution in [3.8, 4) is 0 Å². The molecule has 0 aliphatic heterocycles. The highest BCUT2D eigenvalue weighted by Gasteiger charge is 2.01. The van der Waals surface area contributed by atoms with Crippen LogP contribution in [0.5, 0.6) is 0 Å². The maximum atomic E-state index is 5.44. The molecular weight excluding hydrogens is 150 g/mol. The summed E-state index contributed by atoms with van der Waals surface area (Å²) in [5, 5.41) is 0. The zero-order valence-electron chi connectivity index (χ0n) is 7.88. The van der Waals surface area contributed by atoms with Crippen LogP contribution < -0.4 is 5.73 Å². The summed E-state index contributed by atoms with van der Waals surface area (Å²) >= 11 is 0. The summed E-state index contributed by atoms with van der Waals surface area (Å²) in [6.45, 7) is 5.90. The van der Waals surface area contributed by atoms with Gasteiger partial charge < -0.3 is 10.3 Å². The molecule has 3 heteroatoms. The molecule has 1 heterocycles. The highest BCUT2D eigenvalue weighted by Crippen LogP contribution is 2.03. The highest BCUT2D eigenvalue weighted by molar-refractivity contribution is 5.01. The molecule has 2 N–H and O–H groups in total. The fourth-order valence-electron chi connectivity index (χ4n) is 1.33. The van der Waals surface area contributed by atoms with E-state index in [9.17, 15) is 0 Å². The summed E-state index contributed by atoms with van der Waals surface area (Å²) < 4.78 is 2.20. The fourth-order valence-corrected chi connectivity index (χ4v) is 1.33. The molecular formula is C9H17N3. The molecule has 0 aliphatic carbocycles. The van der Waals surface area contributed by atoms with Crippen molar-refractivity contribution in [3.63, 3.8) is 0 Å². The molecule has 1 rings (SSSR count). The van der Waals surface area contributed by atoms with Crippen LogP contribution >= 0.6 is 0 Å². The summed E-state index contributed by atoms with van der Waals surface area (Å²) in [6.07, 6.45) is 4.12. The van der Waals surface area contributed by atoms with Gasteiger partial charge in [0.05, 0.1) is 5.69 Å². The van der Waals surface area contributed by atoms with Gasteiger partial charge in [0.2, 0.25) is 0 Å². The molecule has 0 saturated heterocycles. The Hall–Kier alpha value is -0.830. The Morgan fingerprint density at radius 2 is 2.33 bits per heavy atom. The first-order chi connectivity index (χ1) is 5.77. The molecule has 1 aromatic heterocycles. The Kier molecular flexibility index (Phi) is 3.29. The minimum absolute atomic E-state index is 0.750. The Morgan fingerprint density at radius 1 is 1.58 bits per heavy atom. The maximum Gasteiger partial charge on any atom is 0.108 e. The lowest BCUT2D eigenvalue weighted by atomic mass is 10.4.